The molecule has 2 N–H and O–H groups in total. The van der Waals surface area contributed by atoms with Crippen molar-refractivity contribution >= 4 is 22.7 Å². The van der Waals surface area contributed by atoms with Gasteiger partial charge in [-0.05, 0) is 44.6 Å². The Morgan fingerprint density at radius 1 is 1.18 bits per heavy atom. The van der Waals surface area contributed by atoms with E-state index in [-0.39, 0.29) is 11.5 Å². The van der Waals surface area contributed by atoms with Crippen LogP contribution in [-0.4, -0.2) is 49.6 Å². The lowest BCUT2D eigenvalue weighted by Gasteiger charge is -2.42. The highest BCUT2D eigenvalue weighted by atomic mass is 32.1. The smallest absolute Gasteiger partial charge is 0.273 e. The van der Waals surface area contributed by atoms with Crippen LogP contribution in [-0.2, 0) is 13.5 Å². The zero-order valence-electron chi connectivity index (χ0n) is 19.4. The molecule has 1 atom stereocenters. The molecule has 172 valence electrons. The Morgan fingerprint density at radius 2 is 1.97 bits per heavy atom. The third-order valence-electron chi connectivity index (χ3n) is 7.59. The van der Waals surface area contributed by atoms with Gasteiger partial charge in [-0.3, -0.25) is 4.68 Å². The van der Waals surface area contributed by atoms with Gasteiger partial charge in [0.05, 0.1) is 36.6 Å². The number of thiazole rings is 1. The molecule has 9 nitrogen and oxygen atoms in total. The number of nitrogens with zero attached hydrogens (tertiary/aromatic N) is 7. The van der Waals surface area contributed by atoms with E-state index in [1.807, 2.05) is 28.6 Å². The molecule has 0 aromatic carbocycles. The lowest BCUT2D eigenvalue weighted by molar-refractivity contribution is 0.187. The number of aryl methyl sites for hydroxylation is 2. The molecule has 2 aliphatic rings. The van der Waals surface area contributed by atoms with Gasteiger partial charge in [0.1, 0.15) is 5.52 Å². The topological polar surface area (TPSA) is 99.4 Å². The zero-order chi connectivity index (χ0) is 22.9. The molecular weight excluding hydrogens is 436 g/mol. The minimum atomic E-state index is 0.0247. The fourth-order valence-electron chi connectivity index (χ4n) is 5.52. The van der Waals surface area contributed by atoms with Crippen molar-refractivity contribution in [3.8, 4) is 16.5 Å². The lowest BCUT2D eigenvalue weighted by Crippen LogP contribution is -2.44. The lowest BCUT2D eigenvalue weighted by atomic mass is 9.74. The van der Waals surface area contributed by atoms with E-state index in [2.05, 4.69) is 40.0 Å². The second-order valence-electron chi connectivity index (χ2n) is 9.26. The van der Waals surface area contributed by atoms with Gasteiger partial charge >= 0.3 is 0 Å². The van der Waals surface area contributed by atoms with Crippen molar-refractivity contribution in [1.82, 2.24) is 29.4 Å². The average molecular weight is 465 g/mol. The number of hydrogen-bond acceptors (Lipinski definition) is 8. The molecule has 0 bridgehead atoms. The van der Waals surface area contributed by atoms with Gasteiger partial charge in [0.25, 0.3) is 5.19 Å². The van der Waals surface area contributed by atoms with E-state index in [9.17, 15) is 0 Å². The summed E-state index contributed by atoms with van der Waals surface area (Å²) >= 11 is 1.60. The second kappa shape index (κ2) is 7.26. The molecule has 5 heterocycles. The summed E-state index contributed by atoms with van der Waals surface area (Å²) in [5, 5.41) is 9.79. The molecule has 0 unspecified atom stereocenters. The minimum Gasteiger partial charge on any atom is -0.473 e. The minimum absolute atomic E-state index is 0.0247. The molecule has 1 aliphatic heterocycles. The third-order valence-corrected chi connectivity index (χ3v) is 8.74. The van der Waals surface area contributed by atoms with Crippen molar-refractivity contribution < 1.29 is 4.74 Å². The van der Waals surface area contributed by atoms with Gasteiger partial charge in [0.15, 0.2) is 5.82 Å². The highest BCUT2D eigenvalue weighted by Crippen LogP contribution is 2.53. The summed E-state index contributed by atoms with van der Waals surface area (Å²) in [6, 6.07) is 2.08. The Labute approximate surface area is 196 Å². The monoisotopic (exact) mass is 464 g/mol. The molecule has 1 fully saturated rings. The fourth-order valence-corrected chi connectivity index (χ4v) is 6.56. The molecular formula is C23H28N8OS. The van der Waals surface area contributed by atoms with Gasteiger partial charge in [0.2, 0.25) is 0 Å². The van der Waals surface area contributed by atoms with E-state index in [0.717, 1.165) is 77.2 Å². The highest BCUT2D eigenvalue weighted by Gasteiger charge is 2.48. The summed E-state index contributed by atoms with van der Waals surface area (Å²) in [5.41, 5.74) is 13.1. The number of piperidine rings is 1. The van der Waals surface area contributed by atoms with Crippen LogP contribution in [0.5, 0.6) is 5.19 Å². The molecule has 33 heavy (non-hydrogen) atoms. The number of fused-ring (bicyclic) bond motifs is 2. The van der Waals surface area contributed by atoms with Crippen LogP contribution < -0.4 is 15.4 Å². The van der Waals surface area contributed by atoms with Gasteiger partial charge in [-0.15, -0.1) is 0 Å². The third kappa shape index (κ3) is 2.93. The van der Waals surface area contributed by atoms with E-state index in [1.54, 1.807) is 18.4 Å². The van der Waals surface area contributed by atoms with E-state index in [1.165, 1.54) is 4.88 Å². The fraction of sp³-hybridized carbons (Fsp3) is 0.478. The van der Waals surface area contributed by atoms with Gasteiger partial charge in [-0.1, -0.05) is 11.3 Å². The number of ether oxygens (including phenoxy) is 1. The number of nitrogens with two attached hydrogens (primary N) is 1. The normalized spacial score (nSPS) is 19.5. The first-order chi connectivity index (χ1) is 15.9. The van der Waals surface area contributed by atoms with Crippen LogP contribution >= 0.6 is 11.3 Å². The van der Waals surface area contributed by atoms with Gasteiger partial charge < -0.3 is 15.4 Å². The van der Waals surface area contributed by atoms with Gasteiger partial charge in [-0.2, -0.15) is 10.2 Å². The molecule has 0 amide bonds. The van der Waals surface area contributed by atoms with E-state index < -0.39 is 0 Å². The van der Waals surface area contributed by atoms with Crippen molar-refractivity contribution in [2.24, 2.45) is 18.2 Å². The highest BCUT2D eigenvalue weighted by molar-refractivity contribution is 7.13. The average Bonchev–Trinajstić information content (AvgIpc) is 3.57. The van der Waals surface area contributed by atoms with E-state index in [4.69, 9.17) is 15.5 Å². The Bertz CT molecular complexity index is 1360. The standard InChI is InChI=1S/C23H28N8OS/c1-13-18(15-12-26-29(3)14(15)2)31-17(5-8-25-31)21(27-13)30-9-6-23(7-10-30)11-16-19(20(23)24)33-22(28-16)32-4/h5,8,12,20H,6-7,9-11,24H2,1-4H3/t20-/m1/s1. The molecule has 1 saturated heterocycles. The van der Waals surface area contributed by atoms with Crippen molar-refractivity contribution in [3.05, 3.63) is 40.4 Å². The van der Waals surface area contributed by atoms with Gasteiger partial charge in [0, 0.05) is 42.3 Å². The molecule has 0 radical (unpaired) electrons. The Balaban J connectivity index is 1.31. The maximum atomic E-state index is 6.77. The molecule has 4 aromatic heterocycles. The zero-order valence-corrected chi connectivity index (χ0v) is 20.2. The van der Waals surface area contributed by atoms with Crippen LogP contribution in [0.4, 0.5) is 5.82 Å². The summed E-state index contributed by atoms with van der Waals surface area (Å²) in [4.78, 5) is 13.3. The molecule has 10 heteroatoms. The first kappa shape index (κ1) is 20.6. The first-order valence-electron chi connectivity index (χ1n) is 11.3. The van der Waals surface area contributed by atoms with Crippen LogP contribution in [0.3, 0.4) is 0 Å². The van der Waals surface area contributed by atoms with Crippen LogP contribution in [0.25, 0.3) is 16.8 Å². The molecule has 4 aromatic rings. The summed E-state index contributed by atoms with van der Waals surface area (Å²) < 4.78 is 9.23. The maximum Gasteiger partial charge on any atom is 0.273 e. The Hall–Kier alpha value is -2.98. The number of rotatable bonds is 3. The van der Waals surface area contributed by atoms with Crippen LogP contribution in [0, 0.1) is 19.3 Å². The van der Waals surface area contributed by atoms with Crippen molar-refractivity contribution in [2.75, 3.05) is 25.1 Å². The first-order valence-corrected chi connectivity index (χ1v) is 12.1. The number of aromatic nitrogens is 6. The summed E-state index contributed by atoms with van der Waals surface area (Å²) in [6.07, 6.45) is 6.72. The molecule has 1 spiro atoms. The Morgan fingerprint density at radius 3 is 2.64 bits per heavy atom. The van der Waals surface area contributed by atoms with Crippen molar-refractivity contribution in [3.63, 3.8) is 0 Å². The summed E-state index contributed by atoms with van der Waals surface area (Å²) in [6.45, 7) is 5.96. The van der Waals surface area contributed by atoms with Crippen LogP contribution in [0.15, 0.2) is 18.5 Å². The van der Waals surface area contributed by atoms with Crippen molar-refractivity contribution in [2.45, 2.75) is 39.2 Å². The van der Waals surface area contributed by atoms with Gasteiger partial charge in [-0.25, -0.2) is 14.5 Å². The van der Waals surface area contributed by atoms with E-state index >= 15 is 0 Å². The Kier molecular flexibility index (Phi) is 4.54. The van der Waals surface area contributed by atoms with Crippen molar-refractivity contribution in [1.29, 1.82) is 0 Å². The maximum absolute atomic E-state index is 6.77. The SMILES string of the molecule is COc1nc2c(s1)[C@@H](N)C1(CCN(c3nc(C)c(-c4cnn(C)c4C)n4nccc34)CC1)C2. The molecule has 0 saturated carbocycles. The summed E-state index contributed by atoms with van der Waals surface area (Å²) in [5.74, 6) is 0.992. The number of methoxy groups -OCH3 is 1. The quantitative estimate of drug-likeness (QED) is 0.497. The molecule has 1 aliphatic carbocycles. The van der Waals surface area contributed by atoms with Crippen LogP contribution in [0.1, 0.15) is 40.8 Å². The van der Waals surface area contributed by atoms with Crippen LogP contribution in [0.2, 0.25) is 0 Å². The predicted molar refractivity (Wildman–Crippen MR) is 128 cm³/mol. The summed E-state index contributed by atoms with van der Waals surface area (Å²) in [7, 11) is 3.62. The predicted octanol–water partition coefficient (Wildman–Crippen LogP) is 3.05. The largest absolute Gasteiger partial charge is 0.473 e. The van der Waals surface area contributed by atoms with E-state index in [0.29, 0.717) is 0 Å². The number of anilines is 1. The molecule has 6 rings (SSSR count). The second-order valence-corrected chi connectivity index (χ2v) is 10.3. The number of hydrogen-bond donors (Lipinski definition) is 1.